The second kappa shape index (κ2) is 6.47. The molecule has 3 rings (SSSR count). The number of carbonyl (C=O) groups is 1. The van der Waals surface area contributed by atoms with Gasteiger partial charge in [0.2, 0.25) is 0 Å². The molecule has 0 fully saturated rings. The summed E-state index contributed by atoms with van der Waals surface area (Å²) >= 11 is 1.33. The molecule has 1 unspecified atom stereocenters. The molecule has 0 aliphatic carbocycles. The first kappa shape index (κ1) is 15.6. The number of urea groups is 1. The molecule has 0 bridgehead atoms. The van der Waals surface area contributed by atoms with E-state index in [0.29, 0.717) is 22.1 Å². The lowest BCUT2D eigenvalue weighted by Gasteiger charge is -2.13. The highest BCUT2D eigenvalue weighted by molar-refractivity contribution is 7.85. The molecule has 0 spiro atoms. The number of rotatable bonds is 4. The van der Waals surface area contributed by atoms with Crippen LogP contribution in [-0.2, 0) is 10.8 Å². The zero-order chi connectivity index (χ0) is 16.4. The van der Waals surface area contributed by atoms with Crippen molar-refractivity contribution in [3.05, 3.63) is 48.5 Å². The predicted molar refractivity (Wildman–Crippen MR) is 93.3 cm³/mol. The first-order valence-corrected chi connectivity index (χ1v) is 9.01. The van der Waals surface area contributed by atoms with E-state index in [2.05, 4.69) is 4.98 Å². The number of hydrogen-bond acceptors (Lipinski definition) is 4. The highest BCUT2D eigenvalue weighted by Gasteiger charge is 2.19. The van der Waals surface area contributed by atoms with E-state index in [9.17, 15) is 9.00 Å². The smallest absolute Gasteiger partial charge is 0.321 e. The molecule has 0 aliphatic heterocycles. The molecule has 0 saturated carbocycles. The molecule has 7 heteroatoms. The average Bonchev–Trinajstić information content (AvgIpc) is 2.98. The summed E-state index contributed by atoms with van der Waals surface area (Å²) in [4.78, 5) is 18.8. The average molecular weight is 345 g/mol. The summed E-state index contributed by atoms with van der Waals surface area (Å²) in [5.74, 6) is 0. The van der Waals surface area contributed by atoms with Crippen LogP contribution in [-0.4, -0.2) is 21.8 Å². The minimum absolute atomic E-state index is 0.437. The first-order chi connectivity index (χ1) is 11.1. The summed E-state index contributed by atoms with van der Waals surface area (Å²) in [5.41, 5.74) is 6.10. The third kappa shape index (κ3) is 2.97. The molecule has 23 heavy (non-hydrogen) atoms. The van der Waals surface area contributed by atoms with Gasteiger partial charge in [-0.15, -0.1) is 0 Å². The van der Waals surface area contributed by atoms with E-state index in [-0.39, 0.29) is 0 Å². The minimum Gasteiger partial charge on any atom is -0.351 e. The monoisotopic (exact) mass is 345 g/mol. The largest absolute Gasteiger partial charge is 0.351 e. The molecular weight excluding hydrogens is 330 g/mol. The second-order valence-corrected chi connectivity index (χ2v) is 7.19. The Balaban J connectivity index is 2.10. The summed E-state index contributed by atoms with van der Waals surface area (Å²) in [6, 6.07) is 14.2. The first-order valence-electron chi connectivity index (χ1n) is 7.05. The zero-order valence-corrected chi connectivity index (χ0v) is 14.1. The van der Waals surface area contributed by atoms with Crippen LogP contribution in [0.4, 0.5) is 9.93 Å². The molecule has 1 atom stereocenters. The van der Waals surface area contributed by atoms with Crippen LogP contribution < -0.4 is 10.6 Å². The normalized spacial score (nSPS) is 12.2. The maximum absolute atomic E-state index is 12.8. The van der Waals surface area contributed by atoms with Crippen molar-refractivity contribution in [2.75, 3.05) is 11.4 Å². The lowest BCUT2D eigenvalue weighted by molar-refractivity contribution is 0.254. The molecule has 2 amide bonds. The van der Waals surface area contributed by atoms with Crippen molar-refractivity contribution < 1.29 is 9.00 Å². The van der Waals surface area contributed by atoms with Gasteiger partial charge in [-0.1, -0.05) is 35.6 Å². The number of benzene rings is 2. The summed E-state index contributed by atoms with van der Waals surface area (Å²) < 4.78 is 13.6. The highest BCUT2D eigenvalue weighted by atomic mass is 32.2. The van der Waals surface area contributed by atoms with Gasteiger partial charge in [-0.3, -0.25) is 4.90 Å². The number of carbonyl (C=O) groups excluding carboxylic acids is 1. The molecule has 1 aromatic heterocycles. The number of nitrogens with zero attached hydrogens (tertiary/aromatic N) is 2. The Morgan fingerprint density at radius 1 is 1.22 bits per heavy atom. The van der Waals surface area contributed by atoms with Crippen LogP contribution >= 0.6 is 11.3 Å². The van der Waals surface area contributed by atoms with E-state index in [1.54, 1.807) is 0 Å². The Hall–Kier alpha value is -2.25. The molecule has 3 aromatic rings. The fourth-order valence-corrected chi connectivity index (χ4v) is 4.76. The number of amides is 2. The Morgan fingerprint density at radius 3 is 2.61 bits per heavy atom. The van der Waals surface area contributed by atoms with Gasteiger partial charge >= 0.3 is 6.03 Å². The standard InChI is InChI=1S/C16H15N3O2S2/c1-2-19(15(17)20)16-18-12-9-6-10-13(14(12)22-16)23(21)11-7-4-3-5-8-11/h3-10H,2H2,1H3,(H2,17,20). The maximum atomic E-state index is 12.8. The van der Waals surface area contributed by atoms with Crippen molar-refractivity contribution in [1.82, 2.24) is 4.98 Å². The molecule has 1 heterocycles. The third-order valence-electron chi connectivity index (χ3n) is 3.34. The van der Waals surface area contributed by atoms with Crippen LogP contribution in [0.25, 0.3) is 10.2 Å². The van der Waals surface area contributed by atoms with Gasteiger partial charge in [0.25, 0.3) is 0 Å². The molecule has 0 radical (unpaired) electrons. The maximum Gasteiger partial charge on any atom is 0.321 e. The van der Waals surface area contributed by atoms with Crippen molar-refractivity contribution in [3.63, 3.8) is 0 Å². The van der Waals surface area contributed by atoms with Crippen molar-refractivity contribution in [2.24, 2.45) is 5.73 Å². The van der Waals surface area contributed by atoms with Gasteiger partial charge in [0, 0.05) is 11.4 Å². The molecule has 2 aromatic carbocycles. The number of fused-ring (bicyclic) bond motifs is 1. The fourth-order valence-electron chi connectivity index (χ4n) is 2.23. The number of anilines is 1. The van der Waals surface area contributed by atoms with Crippen molar-refractivity contribution in [2.45, 2.75) is 16.7 Å². The van der Waals surface area contributed by atoms with E-state index in [4.69, 9.17) is 5.73 Å². The number of nitrogens with two attached hydrogens (primary N) is 1. The number of hydrogen-bond donors (Lipinski definition) is 1. The number of thiazole rings is 1. The quantitative estimate of drug-likeness (QED) is 0.787. The van der Waals surface area contributed by atoms with Gasteiger partial charge in [0.05, 0.1) is 25.9 Å². The van der Waals surface area contributed by atoms with Crippen molar-refractivity contribution in [1.29, 1.82) is 0 Å². The van der Waals surface area contributed by atoms with E-state index in [1.807, 2.05) is 55.5 Å². The van der Waals surface area contributed by atoms with Gasteiger partial charge in [0.1, 0.15) is 0 Å². The Labute approximate surface area is 140 Å². The third-order valence-corrected chi connectivity index (χ3v) is 6.03. The van der Waals surface area contributed by atoms with Gasteiger partial charge in [-0.05, 0) is 31.2 Å². The summed E-state index contributed by atoms with van der Waals surface area (Å²) in [6.45, 7) is 2.27. The van der Waals surface area contributed by atoms with Crippen LogP contribution in [0.3, 0.4) is 0 Å². The van der Waals surface area contributed by atoms with Crippen molar-refractivity contribution >= 4 is 43.5 Å². The van der Waals surface area contributed by atoms with Gasteiger partial charge < -0.3 is 5.73 Å². The summed E-state index contributed by atoms with van der Waals surface area (Å²) in [6.07, 6.45) is 0. The Bertz CT molecular complexity index is 877. The number of primary amides is 1. The van der Waals surface area contributed by atoms with E-state index < -0.39 is 16.8 Å². The second-order valence-electron chi connectivity index (χ2n) is 4.77. The van der Waals surface area contributed by atoms with E-state index >= 15 is 0 Å². The highest BCUT2D eigenvalue weighted by Crippen LogP contribution is 2.34. The van der Waals surface area contributed by atoms with Gasteiger partial charge in [-0.25, -0.2) is 14.0 Å². The minimum atomic E-state index is -1.30. The van der Waals surface area contributed by atoms with Crippen LogP contribution in [0.2, 0.25) is 0 Å². The van der Waals surface area contributed by atoms with Crippen molar-refractivity contribution in [3.8, 4) is 0 Å². The fraction of sp³-hybridized carbons (Fsp3) is 0.125. The molecule has 118 valence electrons. The Kier molecular flexibility index (Phi) is 4.40. The molecule has 5 nitrogen and oxygen atoms in total. The van der Waals surface area contributed by atoms with Crippen LogP contribution in [0.15, 0.2) is 58.3 Å². The van der Waals surface area contributed by atoms with Crippen LogP contribution in [0, 0.1) is 0 Å². The van der Waals surface area contributed by atoms with E-state index in [0.717, 1.165) is 9.60 Å². The molecule has 2 N–H and O–H groups in total. The summed E-state index contributed by atoms with van der Waals surface area (Å²) in [5, 5.41) is 0.521. The summed E-state index contributed by atoms with van der Waals surface area (Å²) in [7, 11) is -1.30. The number of aromatic nitrogens is 1. The van der Waals surface area contributed by atoms with Crippen LogP contribution in [0.5, 0.6) is 0 Å². The van der Waals surface area contributed by atoms with Gasteiger partial charge in [-0.2, -0.15) is 0 Å². The molecule has 0 aliphatic rings. The zero-order valence-electron chi connectivity index (χ0n) is 12.4. The predicted octanol–water partition coefficient (Wildman–Crippen LogP) is 3.37. The lowest BCUT2D eigenvalue weighted by atomic mass is 10.3. The van der Waals surface area contributed by atoms with Crippen LogP contribution in [0.1, 0.15) is 6.92 Å². The van der Waals surface area contributed by atoms with Gasteiger partial charge in [0.15, 0.2) is 5.13 Å². The molecular formula is C16H15N3O2S2. The SMILES string of the molecule is CCN(C(N)=O)c1nc2cccc(S(=O)c3ccccc3)c2s1. The molecule has 0 saturated heterocycles. The topological polar surface area (TPSA) is 76.3 Å². The van der Waals surface area contributed by atoms with E-state index in [1.165, 1.54) is 16.2 Å². The lowest BCUT2D eigenvalue weighted by Crippen LogP contribution is -2.35. The Morgan fingerprint density at radius 2 is 1.96 bits per heavy atom.